The molecule has 2 heterocycles. The normalized spacial score (nSPS) is 30.8. The van der Waals surface area contributed by atoms with Crippen LogP contribution in [0.3, 0.4) is 0 Å². The monoisotopic (exact) mass is 500 g/mol. The van der Waals surface area contributed by atoms with Crippen LogP contribution in [0.25, 0.3) is 0 Å². The third-order valence-electron chi connectivity index (χ3n) is 8.98. The summed E-state index contributed by atoms with van der Waals surface area (Å²) in [7, 11) is 0.434. The Balaban J connectivity index is 1.93. The lowest BCUT2D eigenvalue weighted by molar-refractivity contribution is -0.156. The van der Waals surface area contributed by atoms with E-state index < -0.39 is 22.2 Å². The van der Waals surface area contributed by atoms with Gasteiger partial charge in [0.1, 0.15) is 12.1 Å². The Morgan fingerprint density at radius 2 is 1.39 bits per heavy atom. The van der Waals surface area contributed by atoms with Gasteiger partial charge < -0.3 is 13.6 Å². The summed E-state index contributed by atoms with van der Waals surface area (Å²) in [5, 5.41) is 0.349. The Morgan fingerprint density at radius 3 is 1.88 bits per heavy atom. The van der Waals surface area contributed by atoms with Crippen molar-refractivity contribution in [1.82, 2.24) is 9.80 Å². The van der Waals surface area contributed by atoms with Gasteiger partial charge in [0.25, 0.3) is 0 Å². The van der Waals surface area contributed by atoms with Crippen LogP contribution < -0.4 is 0 Å². The number of hydrogen-bond donors (Lipinski definition) is 0. The van der Waals surface area contributed by atoms with Gasteiger partial charge in [-0.15, -0.1) is 0 Å². The molecule has 0 aliphatic carbocycles. The molecule has 33 heavy (non-hydrogen) atoms. The molecule has 2 aliphatic rings. The van der Waals surface area contributed by atoms with Crippen molar-refractivity contribution in [2.75, 3.05) is 33.8 Å². The molecule has 6 nitrogen and oxygen atoms in total. The summed E-state index contributed by atoms with van der Waals surface area (Å²) in [6.07, 6.45) is 1.89. The number of carbonyl (C=O) groups is 1. The van der Waals surface area contributed by atoms with Crippen molar-refractivity contribution in [3.8, 4) is 0 Å². The summed E-state index contributed by atoms with van der Waals surface area (Å²) in [5.41, 5.74) is -0.638. The fraction of sp³-hybridized carbons (Fsp3) is 0.960. The van der Waals surface area contributed by atoms with Gasteiger partial charge in [-0.1, -0.05) is 41.5 Å². The van der Waals surface area contributed by atoms with E-state index in [1.165, 1.54) is 0 Å². The second-order valence-electron chi connectivity index (χ2n) is 13.8. The predicted molar refractivity (Wildman–Crippen MR) is 142 cm³/mol. The molecule has 2 fully saturated rings. The lowest BCUT2D eigenvalue weighted by atomic mass is 9.99. The molecule has 0 unspecified atom stereocenters. The van der Waals surface area contributed by atoms with Crippen molar-refractivity contribution >= 4 is 22.6 Å². The Kier molecular flexibility index (Phi) is 8.48. The highest BCUT2D eigenvalue weighted by molar-refractivity contribution is 6.74. The molecule has 0 radical (unpaired) electrons. The van der Waals surface area contributed by atoms with Gasteiger partial charge in [0.2, 0.25) is 0 Å². The minimum atomic E-state index is -1.88. The lowest BCUT2D eigenvalue weighted by Gasteiger charge is -2.38. The van der Waals surface area contributed by atoms with E-state index in [4.69, 9.17) is 13.6 Å². The molecule has 0 aromatic heterocycles. The highest BCUT2D eigenvalue weighted by Gasteiger charge is 2.50. The molecule has 0 aromatic carbocycles. The first kappa shape index (κ1) is 29.0. The van der Waals surface area contributed by atoms with E-state index in [9.17, 15) is 4.79 Å². The van der Waals surface area contributed by atoms with Crippen LogP contribution >= 0.6 is 0 Å². The van der Waals surface area contributed by atoms with E-state index in [1.807, 2.05) is 14.0 Å². The Bertz CT molecular complexity index is 702. The molecular weight excluding hydrogens is 448 g/mol. The Labute approximate surface area is 206 Å². The largest absolute Gasteiger partial charge is 0.463 e. The van der Waals surface area contributed by atoms with E-state index in [1.54, 1.807) is 0 Å². The number of ether oxygens (including phenoxy) is 1. The third kappa shape index (κ3) is 6.50. The summed E-state index contributed by atoms with van der Waals surface area (Å²) in [6, 6.07) is 0.207. The molecule has 0 aromatic rings. The van der Waals surface area contributed by atoms with Crippen LogP contribution in [0, 0.1) is 0 Å². The summed E-state index contributed by atoms with van der Waals surface area (Å²) in [5.74, 6) is -0.131. The van der Waals surface area contributed by atoms with Gasteiger partial charge in [-0.05, 0) is 63.7 Å². The molecular formula is C25H52N2O4Si2. The van der Waals surface area contributed by atoms with E-state index in [2.05, 4.69) is 84.6 Å². The van der Waals surface area contributed by atoms with E-state index in [-0.39, 0.29) is 34.3 Å². The third-order valence-corrected chi connectivity index (χ3v) is 18.0. The second-order valence-corrected chi connectivity index (χ2v) is 23.3. The van der Waals surface area contributed by atoms with Crippen molar-refractivity contribution in [2.24, 2.45) is 0 Å². The van der Waals surface area contributed by atoms with Crippen LogP contribution in [0.2, 0.25) is 36.3 Å². The molecule has 2 aliphatic heterocycles. The number of likely N-dealkylation sites (tertiary alicyclic amines) is 2. The van der Waals surface area contributed by atoms with Crippen LogP contribution in [0.4, 0.5) is 0 Å². The zero-order chi connectivity index (χ0) is 25.6. The molecule has 0 amide bonds. The number of nitrogens with zero attached hydrogens (tertiary/aromatic N) is 2. The topological polar surface area (TPSA) is 51.2 Å². The van der Waals surface area contributed by atoms with E-state index in [0.29, 0.717) is 13.0 Å². The number of esters is 1. The SMILES string of the molecule is CN1C[C@H](O[Si](C)(C)C(C)(C)C)C[C@H]1COC(=O)[C@]1(C)C[C@@H](O[Si](C)(C)C(C)(C)C)CN1C. The van der Waals surface area contributed by atoms with Crippen LogP contribution in [-0.2, 0) is 18.4 Å². The number of likely N-dealkylation sites (N-methyl/N-ethyl adjacent to an activating group) is 2. The van der Waals surface area contributed by atoms with Gasteiger partial charge in [0, 0.05) is 25.6 Å². The first-order valence-corrected chi connectivity index (χ1v) is 18.5. The molecule has 194 valence electrons. The summed E-state index contributed by atoms with van der Waals surface area (Å²) < 4.78 is 19.2. The lowest BCUT2D eigenvalue weighted by Crippen LogP contribution is -2.48. The van der Waals surface area contributed by atoms with Crippen molar-refractivity contribution in [2.45, 2.75) is 121 Å². The zero-order valence-corrected chi connectivity index (χ0v) is 25.8. The van der Waals surface area contributed by atoms with Crippen LogP contribution in [0.1, 0.15) is 61.3 Å². The second kappa shape index (κ2) is 9.66. The summed E-state index contributed by atoms with van der Waals surface area (Å²) in [6.45, 7) is 26.8. The minimum Gasteiger partial charge on any atom is -0.463 e. The van der Waals surface area contributed by atoms with Crippen molar-refractivity contribution in [3.63, 3.8) is 0 Å². The quantitative estimate of drug-likeness (QED) is 0.358. The number of rotatable bonds is 7. The molecule has 0 spiro atoms. The molecule has 2 saturated heterocycles. The average Bonchev–Trinajstić information content (AvgIpc) is 3.09. The highest BCUT2D eigenvalue weighted by atomic mass is 28.4. The maximum atomic E-state index is 13.2. The Hall–Kier alpha value is -0.256. The van der Waals surface area contributed by atoms with Gasteiger partial charge in [0.15, 0.2) is 16.6 Å². The average molecular weight is 501 g/mol. The van der Waals surface area contributed by atoms with Gasteiger partial charge in [-0.3, -0.25) is 14.6 Å². The van der Waals surface area contributed by atoms with E-state index >= 15 is 0 Å². The van der Waals surface area contributed by atoms with E-state index in [0.717, 1.165) is 19.5 Å². The maximum absolute atomic E-state index is 13.2. The molecule has 0 saturated carbocycles. The molecule has 0 N–H and O–H groups in total. The minimum absolute atomic E-state index is 0.0740. The molecule has 8 heteroatoms. The van der Waals surface area contributed by atoms with Crippen molar-refractivity contribution < 1.29 is 18.4 Å². The number of hydrogen-bond acceptors (Lipinski definition) is 6. The van der Waals surface area contributed by atoms with Crippen LogP contribution in [0.5, 0.6) is 0 Å². The van der Waals surface area contributed by atoms with Crippen LogP contribution in [-0.4, -0.2) is 90.0 Å². The van der Waals surface area contributed by atoms with Gasteiger partial charge in [-0.2, -0.15) is 0 Å². The van der Waals surface area contributed by atoms with Crippen molar-refractivity contribution in [3.05, 3.63) is 0 Å². The number of carbonyl (C=O) groups excluding carboxylic acids is 1. The summed E-state index contributed by atoms with van der Waals surface area (Å²) >= 11 is 0. The smallest absolute Gasteiger partial charge is 0.326 e. The van der Waals surface area contributed by atoms with Gasteiger partial charge in [0.05, 0.1) is 12.2 Å². The van der Waals surface area contributed by atoms with Crippen molar-refractivity contribution in [1.29, 1.82) is 0 Å². The molecule has 2 rings (SSSR count). The van der Waals surface area contributed by atoms with Gasteiger partial charge in [-0.25, -0.2) is 0 Å². The first-order chi connectivity index (χ1) is 14.7. The highest BCUT2D eigenvalue weighted by Crippen LogP contribution is 2.41. The standard InChI is InChI=1S/C25H52N2O4Si2/c1-23(2,3)32(10,11)30-20-14-19(26(8)16-20)18-29-22(28)25(7)15-21(17-27(25)9)31-33(12,13)24(4,5)6/h19-21H,14-18H2,1-13H3/t19-,20+,21+,25-/m0/s1. The molecule has 4 atom stereocenters. The first-order valence-electron chi connectivity index (χ1n) is 12.6. The predicted octanol–water partition coefficient (Wildman–Crippen LogP) is 5.11. The fourth-order valence-electron chi connectivity index (χ4n) is 4.31. The maximum Gasteiger partial charge on any atom is 0.326 e. The van der Waals surface area contributed by atoms with Crippen LogP contribution in [0.15, 0.2) is 0 Å². The Morgan fingerprint density at radius 1 is 0.909 bits per heavy atom. The summed E-state index contributed by atoms with van der Waals surface area (Å²) in [4.78, 5) is 17.6. The van der Waals surface area contributed by atoms with Gasteiger partial charge >= 0.3 is 5.97 Å². The fourth-order valence-corrected chi connectivity index (χ4v) is 7.01. The molecule has 0 bridgehead atoms. The zero-order valence-electron chi connectivity index (χ0n) is 23.8.